The Morgan fingerprint density at radius 1 is 0.792 bits per heavy atom. The predicted octanol–water partition coefficient (Wildman–Crippen LogP) is 4.61. The monoisotopic (exact) mass is 338 g/mol. The Balaban J connectivity index is 3.42. The van der Waals surface area contributed by atoms with E-state index < -0.39 is 17.7 Å². The summed E-state index contributed by atoms with van der Waals surface area (Å²) in [6.45, 7) is 2.26. The minimum Gasteiger partial charge on any atom is -0.370 e. The first-order valence-corrected chi connectivity index (χ1v) is 9.82. The fourth-order valence-electron chi connectivity index (χ4n) is 2.84. The fraction of sp³-hybridized carbons (Fsp3) is 0.800. The van der Waals surface area contributed by atoms with Gasteiger partial charge in [0.2, 0.25) is 11.8 Å². The van der Waals surface area contributed by atoms with Crippen molar-refractivity contribution in [1.82, 2.24) is 0 Å². The van der Waals surface area contributed by atoms with Crippen LogP contribution in [0.5, 0.6) is 0 Å². The highest BCUT2D eigenvalue weighted by molar-refractivity contribution is 5.85. The van der Waals surface area contributed by atoms with Crippen molar-refractivity contribution >= 4 is 11.8 Å². The van der Waals surface area contributed by atoms with Gasteiger partial charge in [-0.15, -0.1) is 0 Å². The molecule has 2 amide bonds. The second-order valence-electron chi connectivity index (χ2n) is 6.79. The van der Waals surface area contributed by atoms with Gasteiger partial charge in [0.05, 0.1) is 5.92 Å². The molecule has 4 heteroatoms. The summed E-state index contributed by atoms with van der Waals surface area (Å²) < 4.78 is 0. The average Bonchev–Trinajstić information content (AvgIpc) is 2.53. The van der Waals surface area contributed by atoms with Gasteiger partial charge < -0.3 is 11.5 Å². The molecule has 0 saturated heterocycles. The number of hydrogen-bond acceptors (Lipinski definition) is 2. The van der Waals surface area contributed by atoms with Gasteiger partial charge in [-0.3, -0.25) is 9.59 Å². The Labute approximate surface area is 148 Å². The summed E-state index contributed by atoms with van der Waals surface area (Å²) in [5.41, 5.74) is 10.3. The molecule has 0 aromatic carbocycles. The van der Waals surface area contributed by atoms with Crippen molar-refractivity contribution < 1.29 is 9.59 Å². The first kappa shape index (κ1) is 22.7. The third kappa shape index (κ3) is 15.6. The number of nitrogens with two attached hydrogens (primary N) is 2. The molecule has 0 aromatic rings. The molecule has 0 aliphatic heterocycles. The molecule has 4 N–H and O–H groups in total. The highest BCUT2D eigenvalue weighted by Crippen LogP contribution is 2.13. The highest BCUT2D eigenvalue weighted by atomic mass is 16.2. The normalized spacial score (nSPS) is 12.5. The van der Waals surface area contributed by atoms with E-state index in [1.54, 1.807) is 6.08 Å². The third-order valence-corrected chi connectivity index (χ3v) is 4.38. The van der Waals surface area contributed by atoms with Gasteiger partial charge in [0.1, 0.15) is 0 Å². The molecule has 0 aliphatic carbocycles. The van der Waals surface area contributed by atoms with Gasteiger partial charge in [-0.2, -0.15) is 0 Å². The molecular formula is C20H38N2O2. The number of hydrogen-bond donors (Lipinski definition) is 2. The number of unbranched alkanes of at least 4 members (excludes halogenated alkanes) is 12. The fourth-order valence-corrected chi connectivity index (χ4v) is 2.84. The minimum atomic E-state index is -0.556. The van der Waals surface area contributed by atoms with Gasteiger partial charge in [0.25, 0.3) is 0 Å². The largest absolute Gasteiger partial charge is 0.370 e. The van der Waals surface area contributed by atoms with Gasteiger partial charge in [-0.25, -0.2) is 0 Å². The number of amides is 2. The number of rotatable bonds is 17. The smallest absolute Gasteiger partial charge is 0.224 e. The molecule has 0 spiro atoms. The summed E-state index contributed by atoms with van der Waals surface area (Å²) in [6, 6.07) is 0. The van der Waals surface area contributed by atoms with Crippen LogP contribution in [0.15, 0.2) is 12.2 Å². The second-order valence-corrected chi connectivity index (χ2v) is 6.79. The summed E-state index contributed by atoms with van der Waals surface area (Å²) in [5.74, 6) is -1.53. The molecule has 1 unspecified atom stereocenters. The molecule has 0 saturated carbocycles. The van der Waals surface area contributed by atoms with Crippen molar-refractivity contribution in [2.75, 3.05) is 0 Å². The lowest BCUT2D eigenvalue weighted by molar-refractivity contribution is -0.125. The van der Waals surface area contributed by atoms with Crippen LogP contribution in [0.3, 0.4) is 0 Å². The lowest BCUT2D eigenvalue weighted by Crippen LogP contribution is -2.26. The van der Waals surface area contributed by atoms with Gasteiger partial charge >= 0.3 is 0 Å². The van der Waals surface area contributed by atoms with E-state index >= 15 is 0 Å². The summed E-state index contributed by atoms with van der Waals surface area (Å²) in [4.78, 5) is 22.0. The van der Waals surface area contributed by atoms with Crippen LogP contribution in [0.25, 0.3) is 0 Å². The molecule has 0 radical (unpaired) electrons. The standard InChI is InChI=1S/C20H38N2O2/c1-2-3-4-5-6-7-8-9-10-11-12-13-14-15-16-18(20(22)24)17-19(21)23/h15-16,18H,2-14,17H2,1H3,(H2,21,23)(H2,22,24)/b16-15+. The van der Waals surface area contributed by atoms with Crippen LogP contribution >= 0.6 is 0 Å². The molecule has 0 bridgehead atoms. The molecule has 0 aromatic heterocycles. The van der Waals surface area contributed by atoms with Gasteiger partial charge in [0.15, 0.2) is 0 Å². The van der Waals surface area contributed by atoms with Crippen molar-refractivity contribution in [3.05, 3.63) is 12.2 Å². The predicted molar refractivity (Wildman–Crippen MR) is 101 cm³/mol. The second kappa shape index (κ2) is 16.5. The van der Waals surface area contributed by atoms with Crippen molar-refractivity contribution in [3.63, 3.8) is 0 Å². The number of primary amides is 2. The summed E-state index contributed by atoms with van der Waals surface area (Å²) in [6.07, 6.45) is 20.6. The van der Waals surface area contributed by atoms with E-state index in [1.807, 2.05) is 6.08 Å². The highest BCUT2D eigenvalue weighted by Gasteiger charge is 2.13. The van der Waals surface area contributed by atoms with E-state index in [0.717, 1.165) is 12.8 Å². The molecule has 24 heavy (non-hydrogen) atoms. The molecule has 1 atom stereocenters. The Morgan fingerprint density at radius 3 is 1.67 bits per heavy atom. The Hall–Kier alpha value is -1.32. The molecular weight excluding hydrogens is 300 g/mol. The zero-order chi connectivity index (χ0) is 18.0. The average molecular weight is 339 g/mol. The molecule has 0 heterocycles. The van der Waals surface area contributed by atoms with Gasteiger partial charge in [0, 0.05) is 6.42 Å². The van der Waals surface area contributed by atoms with Crippen LogP contribution in [0.2, 0.25) is 0 Å². The van der Waals surface area contributed by atoms with Crippen molar-refractivity contribution in [3.8, 4) is 0 Å². The first-order chi connectivity index (χ1) is 11.6. The van der Waals surface area contributed by atoms with Crippen molar-refractivity contribution in [2.45, 2.75) is 96.8 Å². The number of carbonyl (C=O) groups is 2. The molecule has 4 nitrogen and oxygen atoms in total. The lowest BCUT2D eigenvalue weighted by Gasteiger charge is -2.05. The SMILES string of the molecule is CCCCCCCCCCCCCC/C=C/C(CC(N)=O)C(N)=O. The zero-order valence-corrected chi connectivity index (χ0v) is 15.6. The third-order valence-electron chi connectivity index (χ3n) is 4.38. The van der Waals surface area contributed by atoms with E-state index in [-0.39, 0.29) is 6.42 Å². The van der Waals surface area contributed by atoms with Gasteiger partial charge in [-0.05, 0) is 12.8 Å². The molecule has 0 rings (SSSR count). The van der Waals surface area contributed by atoms with Crippen molar-refractivity contribution in [2.24, 2.45) is 17.4 Å². The van der Waals surface area contributed by atoms with Crippen LogP contribution in [-0.2, 0) is 9.59 Å². The van der Waals surface area contributed by atoms with Gasteiger partial charge in [-0.1, -0.05) is 89.7 Å². The van der Waals surface area contributed by atoms with E-state index in [4.69, 9.17) is 11.5 Å². The molecule has 140 valence electrons. The number of carbonyl (C=O) groups excluding carboxylic acids is 2. The topological polar surface area (TPSA) is 86.2 Å². The van der Waals surface area contributed by atoms with Crippen LogP contribution in [0.4, 0.5) is 0 Å². The Bertz CT molecular complexity index is 354. The number of allylic oxidation sites excluding steroid dienone is 1. The van der Waals surface area contributed by atoms with Crippen LogP contribution in [0, 0.1) is 5.92 Å². The summed E-state index contributed by atoms with van der Waals surface area (Å²) in [7, 11) is 0. The minimum absolute atomic E-state index is 0.00424. The zero-order valence-electron chi connectivity index (χ0n) is 15.6. The first-order valence-electron chi connectivity index (χ1n) is 9.82. The van der Waals surface area contributed by atoms with E-state index in [0.29, 0.717) is 0 Å². The quantitative estimate of drug-likeness (QED) is 0.300. The van der Waals surface area contributed by atoms with E-state index in [9.17, 15) is 9.59 Å². The molecule has 0 fully saturated rings. The van der Waals surface area contributed by atoms with E-state index in [1.165, 1.54) is 70.6 Å². The summed E-state index contributed by atoms with van der Waals surface area (Å²) >= 11 is 0. The van der Waals surface area contributed by atoms with Crippen LogP contribution in [-0.4, -0.2) is 11.8 Å². The maximum absolute atomic E-state index is 11.2. The molecule has 0 aliphatic rings. The Kier molecular flexibility index (Phi) is 15.6. The maximum Gasteiger partial charge on any atom is 0.224 e. The summed E-state index contributed by atoms with van der Waals surface area (Å²) in [5, 5.41) is 0. The van der Waals surface area contributed by atoms with Crippen molar-refractivity contribution in [1.29, 1.82) is 0 Å². The maximum atomic E-state index is 11.2. The van der Waals surface area contributed by atoms with Crippen LogP contribution < -0.4 is 11.5 Å². The van der Waals surface area contributed by atoms with Crippen LogP contribution in [0.1, 0.15) is 96.8 Å². The Morgan fingerprint density at radius 2 is 1.25 bits per heavy atom. The lowest BCUT2D eigenvalue weighted by atomic mass is 10.0. The van der Waals surface area contributed by atoms with E-state index in [2.05, 4.69) is 6.92 Å².